The van der Waals surface area contributed by atoms with E-state index >= 15 is 0 Å². The summed E-state index contributed by atoms with van der Waals surface area (Å²) in [7, 11) is 0. The Kier molecular flexibility index (Phi) is 4.24. The Labute approximate surface area is 99.2 Å². The van der Waals surface area contributed by atoms with E-state index in [1.165, 1.54) is 0 Å². The first-order valence-corrected chi connectivity index (χ1v) is 4.68. The summed E-state index contributed by atoms with van der Waals surface area (Å²) >= 11 is 0. The minimum Gasteiger partial charge on any atom is -0.481 e. The number of alkyl halides is 3. The molecule has 1 heterocycles. The molecule has 1 aromatic rings. The van der Waals surface area contributed by atoms with E-state index in [1.54, 1.807) is 0 Å². The monoisotopic (exact) mass is 263 g/mol. The zero-order chi connectivity index (χ0) is 13.8. The predicted octanol–water partition coefficient (Wildman–Crippen LogP) is 1.68. The van der Waals surface area contributed by atoms with Crippen molar-refractivity contribution in [2.24, 2.45) is 0 Å². The van der Waals surface area contributed by atoms with Gasteiger partial charge in [-0.25, -0.2) is 4.98 Å². The average Bonchev–Trinajstić information content (AvgIpc) is 2.25. The summed E-state index contributed by atoms with van der Waals surface area (Å²) in [5.74, 6) is -2.27. The molecule has 8 heteroatoms. The molecule has 0 saturated heterocycles. The number of hydrogen-bond donors (Lipinski definition) is 1. The lowest BCUT2D eigenvalue weighted by Crippen LogP contribution is -2.19. The van der Waals surface area contributed by atoms with Crippen LogP contribution in [-0.4, -0.2) is 34.6 Å². The van der Waals surface area contributed by atoms with Gasteiger partial charge in [0.1, 0.15) is 6.42 Å². The van der Waals surface area contributed by atoms with Gasteiger partial charge in [-0.15, -0.1) is 0 Å². The van der Waals surface area contributed by atoms with Gasteiger partial charge in [0.15, 0.2) is 12.4 Å². The van der Waals surface area contributed by atoms with Crippen LogP contribution in [0, 0.1) is 0 Å². The fraction of sp³-hybridized carbons (Fsp3) is 0.300. The maximum atomic E-state index is 11.8. The summed E-state index contributed by atoms with van der Waals surface area (Å²) in [6, 6.07) is 2.23. The molecule has 0 bridgehead atoms. The normalized spacial score (nSPS) is 11.1. The highest BCUT2D eigenvalue weighted by Gasteiger charge is 2.28. The summed E-state index contributed by atoms with van der Waals surface area (Å²) in [6.45, 7) is -1.48. The predicted molar refractivity (Wildman–Crippen MR) is 52.4 cm³/mol. The summed E-state index contributed by atoms with van der Waals surface area (Å²) < 4.78 is 39.8. The van der Waals surface area contributed by atoms with Crippen LogP contribution in [0.25, 0.3) is 0 Å². The molecule has 0 fully saturated rings. The number of ketones is 1. The highest BCUT2D eigenvalue weighted by atomic mass is 19.4. The zero-order valence-corrected chi connectivity index (χ0v) is 8.90. The van der Waals surface area contributed by atoms with Crippen LogP contribution >= 0.6 is 0 Å². The molecule has 0 aliphatic rings. The Morgan fingerprint density at radius 1 is 1.33 bits per heavy atom. The van der Waals surface area contributed by atoms with Crippen molar-refractivity contribution >= 4 is 11.8 Å². The van der Waals surface area contributed by atoms with Crippen molar-refractivity contribution in [2.75, 3.05) is 6.61 Å². The molecular formula is C10H8F3NO4. The van der Waals surface area contributed by atoms with E-state index in [0.717, 1.165) is 18.3 Å². The van der Waals surface area contributed by atoms with Crippen molar-refractivity contribution in [1.29, 1.82) is 0 Å². The van der Waals surface area contributed by atoms with Gasteiger partial charge in [-0.1, -0.05) is 0 Å². The standard InChI is InChI=1S/C10H8F3NO4/c11-10(12,13)5-18-8-2-1-6(4-14-8)7(15)3-9(16)17/h1-2,4H,3,5H2,(H,16,17). The van der Waals surface area contributed by atoms with Crippen LogP contribution in [0.15, 0.2) is 18.3 Å². The molecule has 1 N–H and O–H groups in total. The lowest BCUT2D eigenvalue weighted by atomic mass is 10.1. The number of ether oxygens (including phenoxy) is 1. The number of rotatable bonds is 5. The van der Waals surface area contributed by atoms with Crippen molar-refractivity contribution < 1.29 is 32.6 Å². The van der Waals surface area contributed by atoms with Crippen LogP contribution in [-0.2, 0) is 4.79 Å². The molecule has 98 valence electrons. The Bertz CT molecular complexity index is 441. The third-order valence-electron chi connectivity index (χ3n) is 1.75. The number of hydrogen-bond acceptors (Lipinski definition) is 4. The third-order valence-corrected chi connectivity index (χ3v) is 1.75. The van der Waals surface area contributed by atoms with Crippen LogP contribution in [0.2, 0.25) is 0 Å². The molecule has 5 nitrogen and oxygen atoms in total. The quantitative estimate of drug-likeness (QED) is 0.646. The van der Waals surface area contributed by atoms with Gasteiger partial charge < -0.3 is 9.84 Å². The van der Waals surface area contributed by atoms with E-state index in [1.807, 2.05) is 0 Å². The molecule has 0 radical (unpaired) electrons. The van der Waals surface area contributed by atoms with Crippen molar-refractivity contribution in [3.63, 3.8) is 0 Å². The molecule has 1 aromatic heterocycles. The highest BCUT2D eigenvalue weighted by Crippen LogP contribution is 2.17. The molecule has 18 heavy (non-hydrogen) atoms. The van der Waals surface area contributed by atoms with Crippen LogP contribution in [0.3, 0.4) is 0 Å². The number of Topliss-reactive ketones (excluding diaryl/α,β-unsaturated/α-hetero) is 1. The molecular weight excluding hydrogens is 255 g/mol. The summed E-state index contributed by atoms with van der Waals surface area (Å²) in [4.78, 5) is 25.0. The maximum absolute atomic E-state index is 11.8. The number of carbonyl (C=O) groups is 2. The second-order valence-electron chi connectivity index (χ2n) is 3.28. The van der Waals surface area contributed by atoms with Crippen LogP contribution in [0.1, 0.15) is 16.8 Å². The SMILES string of the molecule is O=C(O)CC(=O)c1ccc(OCC(F)(F)F)nc1. The minimum atomic E-state index is -4.47. The highest BCUT2D eigenvalue weighted by molar-refractivity contribution is 6.05. The van der Waals surface area contributed by atoms with Crippen LogP contribution in [0.5, 0.6) is 5.88 Å². The molecule has 0 amide bonds. The van der Waals surface area contributed by atoms with Crippen molar-refractivity contribution in [3.8, 4) is 5.88 Å². The number of carbonyl (C=O) groups excluding carboxylic acids is 1. The summed E-state index contributed by atoms with van der Waals surface area (Å²) in [5, 5.41) is 8.38. The van der Waals surface area contributed by atoms with Gasteiger partial charge in [0.05, 0.1) is 0 Å². The second kappa shape index (κ2) is 5.48. The number of carboxylic acid groups (broad SMARTS) is 1. The van der Waals surface area contributed by atoms with Gasteiger partial charge in [0.25, 0.3) is 0 Å². The van der Waals surface area contributed by atoms with Crippen molar-refractivity contribution in [1.82, 2.24) is 4.98 Å². The van der Waals surface area contributed by atoms with E-state index < -0.39 is 31.0 Å². The van der Waals surface area contributed by atoms with Gasteiger partial charge in [-0.05, 0) is 6.07 Å². The van der Waals surface area contributed by atoms with Gasteiger partial charge in [0, 0.05) is 17.8 Å². The minimum absolute atomic E-state index is 0.00300. The fourth-order valence-corrected chi connectivity index (χ4v) is 1.03. The molecule has 1 rings (SSSR count). The summed E-state index contributed by atoms with van der Waals surface area (Å²) in [5.41, 5.74) is -0.00300. The van der Waals surface area contributed by atoms with Gasteiger partial charge in [0.2, 0.25) is 5.88 Å². The molecule has 0 aromatic carbocycles. The number of aromatic nitrogens is 1. The Morgan fingerprint density at radius 2 is 2.00 bits per heavy atom. The molecule has 0 unspecified atom stereocenters. The van der Waals surface area contributed by atoms with Crippen LogP contribution in [0.4, 0.5) is 13.2 Å². The van der Waals surface area contributed by atoms with Gasteiger partial charge >= 0.3 is 12.1 Å². The third kappa shape index (κ3) is 4.81. The number of pyridine rings is 1. The first kappa shape index (κ1) is 13.9. The lowest BCUT2D eigenvalue weighted by Gasteiger charge is -2.08. The molecule has 0 aliphatic heterocycles. The lowest BCUT2D eigenvalue weighted by molar-refractivity contribution is -0.154. The Balaban J connectivity index is 2.63. The Morgan fingerprint density at radius 3 is 2.44 bits per heavy atom. The molecule has 0 spiro atoms. The van der Waals surface area contributed by atoms with Crippen molar-refractivity contribution in [2.45, 2.75) is 12.6 Å². The summed E-state index contributed by atoms with van der Waals surface area (Å²) in [6.07, 6.45) is -4.21. The average molecular weight is 263 g/mol. The smallest absolute Gasteiger partial charge is 0.422 e. The molecule has 0 saturated carbocycles. The van der Waals surface area contributed by atoms with Gasteiger partial charge in [-0.3, -0.25) is 9.59 Å². The van der Waals surface area contributed by atoms with E-state index in [4.69, 9.17) is 5.11 Å². The Hall–Kier alpha value is -2.12. The van der Waals surface area contributed by atoms with E-state index in [2.05, 4.69) is 9.72 Å². The van der Waals surface area contributed by atoms with E-state index in [0.29, 0.717) is 0 Å². The van der Waals surface area contributed by atoms with Crippen molar-refractivity contribution in [3.05, 3.63) is 23.9 Å². The number of halogens is 3. The largest absolute Gasteiger partial charge is 0.481 e. The first-order valence-electron chi connectivity index (χ1n) is 4.68. The van der Waals surface area contributed by atoms with E-state index in [9.17, 15) is 22.8 Å². The first-order chi connectivity index (χ1) is 8.28. The number of nitrogens with zero attached hydrogens (tertiary/aromatic N) is 1. The molecule has 0 atom stereocenters. The molecule has 0 aliphatic carbocycles. The topological polar surface area (TPSA) is 76.5 Å². The maximum Gasteiger partial charge on any atom is 0.422 e. The van der Waals surface area contributed by atoms with Gasteiger partial charge in [-0.2, -0.15) is 13.2 Å². The number of aliphatic carboxylic acids is 1. The van der Waals surface area contributed by atoms with Crippen LogP contribution < -0.4 is 4.74 Å². The second-order valence-corrected chi connectivity index (χ2v) is 3.28. The fourth-order valence-electron chi connectivity index (χ4n) is 1.03. The zero-order valence-electron chi connectivity index (χ0n) is 8.90. The number of carboxylic acids is 1. The van der Waals surface area contributed by atoms with E-state index in [-0.39, 0.29) is 11.4 Å².